The lowest BCUT2D eigenvalue weighted by atomic mass is 9.74. The van der Waals surface area contributed by atoms with Crippen molar-refractivity contribution in [1.29, 1.82) is 0 Å². The number of hydrogen-bond donors (Lipinski definition) is 1. The summed E-state index contributed by atoms with van der Waals surface area (Å²) in [5.74, 6) is 0.735. The Hall–Kier alpha value is -1.51. The fraction of sp³-hybridized carbons (Fsp3) is 0.500. The maximum atomic E-state index is 12.1. The first-order valence-corrected chi connectivity index (χ1v) is 5.99. The minimum atomic E-state index is -0.0856. The molecule has 0 aromatic heterocycles. The molecule has 1 aromatic carbocycles. The Morgan fingerprint density at radius 2 is 2.12 bits per heavy atom. The molecule has 2 rings (SSSR count). The van der Waals surface area contributed by atoms with Crippen LogP contribution >= 0.6 is 0 Å². The molecule has 1 aromatic rings. The highest BCUT2D eigenvalue weighted by atomic mass is 16.5. The van der Waals surface area contributed by atoms with E-state index >= 15 is 0 Å². The summed E-state index contributed by atoms with van der Waals surface area (Å²) in [5, 5.41) is 2.94. The summed E-state index contributed by atoms with van der Waals surface area (Å²) in [4.78, 5) is 12.1. The largest absolute Gasteiger partial charge is 0.495 e. The molecule has 1 unspecified atom stereocenters. The molecule has 1 amide bonds. The topological polar surface area (TPSA) is 38.3 Å². The Morgan fingerprint density at radius 3 is 2.71 bits per heavy atom. The molecule has 0 spiro atoms. The van der Waals surface area contributed by atoms with Crippen molar-refractivity contribution < 1.29 is 9.53 Å². The van der Waals surface area contributed by atoms with E-state index in [1.165, 1.54) is 0 Å². The molecule has 1 N–H and O–H groups in total. The number of hydrogen-bond acceptors (Lipinski definition) is 2. The standard InChI is InChI=1S/C14H19NO2/c1-5-14(2,3)11-9-7-6-8-10(17-4)12(9)15-13(11)16/h6-8,11H,5H2,1-4H3,(H,15,16). The second-order valence-electron chi connectivity index (χ2n) is 5.19. The summed E-state index contributed by atoms with van der Waals surface area (Å²) < 4.78 is 5.29. The molecule has 1 aliphatic rings. The third-order valence-corrected chi connectivity index (χ3v) is 3.79. The van der Waals surface area contributed by atoms with Crippen LogP contribution in [0.5, 0.6) is 5.75 Å². The van der Waals surface area contributed by atoms with Crippen molar-refractivity contribution >= 4 is 11.6 Å². The highest BCUT2D eigenvalue weighted by Gasteiger charge is 2.41. The summed E-state index contributed by atoms with van der Waals surface area (Å²) in [7, 11) is 1.63. The molecular weight excluding hydrogens is 214 g/mol. The van der Waals surface area contributed by atoms with Gasteiger partial charge in [-0.1, -0.05) is 32.9 Å². The van der Waals surface area contributed by atoms with Gasteiger partial charge in [0.25, 0.3) is 0 Å². The first kappa shape index (κ1) is 12.0. The van der Waals surface area contributed by atoms with Gasteiger partial charge in [0.15, 0.2) is 0 Å². The van der Waals surface area contributed by atoms with Gasteiger partial charge in [0.2, 0.25) is 5.91 Å². The van der Waals surface area contributed by atoms with E-state index in [0.717, 1.165) is 23.4 Å². The minimum absolute atomic E-state index is 0.0400. The van der Waals surface area contributed by atoms with Crippen molar-refractivity contribution in [2.45, 2.75) is 33.1 Å². The van der Waals surface area contributed by atoms with Crippen LogP contribution in [0.4, 0.5) is 5.69 Å². The van der Waals surface area contributed by atoms with Crippen LogP contribution in [0.15, 0.2) is 18.2 Å². The Kier molecular flexibility index (Phi) is 2.86. The van der Waals surface area contributed by atoms with Gasteiger partial charge in [0, 0.05) is 0 Å². The van der Waals surface area contributed by atoms with E-state index in [1.54, 1.807) is 7.11 Å². The van der Waals surface area contributed by atoms with Gasteiger partial charge in [-0.3, -0.25) is 4.79 Å². The van der Waals surface area contributed by atoms with Gasteiger partial charge < -0.3 is 10.1 Å². The molecule has 0 bridgehead atoms. The van der Waals surface area contributed by atoms with Gasteiger partial charge in [-0.2, -0.15) is 0 Å². The van der Waals surface area contributed by atoms with Gasteiger partial charge in [-0.25, -0.2) is 0 Å². The van der Waals surface area contributed by atoms with E-state index in [9.17, 15) is 4.79 Å². The molecule has 0 saturated heterocycles. The molecule has 1 heterocycles. The number of para-hydroxylation sites is 1. The molecule has 0 aliphatic carbocycles. The van der Waals surface area contributed by atoms with Crippen LogP contribution in [0.2, 0.25) is 0 Å². The summed E-state index contributed by atoms with van der Waals surface area (Å²) in [6, 6.07) is 5.83. The van der Waals surface area contributed by atoms with Crippen molar-refractivity contribution in [2.75, 3.05) is 12.4 Å². The zero-order valence-corrected chi connectivity index (χ0v) is 10.8. The Labute approximate surface area is 102 Å². The number of ether oxygens (including phenoxy) is 1. The maximum absolute atomic E-state index is 12.1. The van der Waals surface area contributed by atoms with Crippen LogP contribution in [0, 0.1) is 5.41 Å². The monoisotopic (exact) mass is 233 g/mol. The van der Waals surface area contributed by atoms with E-state index in [-0.39, 0.29) is 17.2 Å². The summed E-state index contributed by atoms with van der Waals surface area (Å²) >= 11 is 0. The first-order chi connectivity index (χ1) is 8.01. The van der Waals surface area contributed by atoms with E-state index < -0.39 is 0 Å². The number of anilines is 1. The number of methoxy groups -OCH3 is 1. The Balaban J connectivity index is 2.52. The average molecular weight is 233 g/mol. The summed E-state index contributed by atoms with van der Waals surface area (Å²) in [6.07, 6.45) is 0.960. The molecule has 17 heavy (non-hydrogen) atoms. The molecule has 0 fully saturated rings. The molecule has 1 aliphatic heterocycles. The van der Waals surface area contributed by atoms with Crippen molar-refractivity contribution in [3.8, 4) is 5.75 Å². The predicted molar refractivity (Wildman–Crippen MR) is 68.4 cm³/mol. The number of amides is 1. The second kappa shape index (κ2) is 4.06. The molecule has 3 nitrogen and oxygen atoms in total. The fourth-order valence-electron chi connectivity index (χ4n) is 2.41. The second-order valence-corrected chi connectivity index (χ2v) is 5.19. The van der Waals surface area contributed by atoms with Gasteiger partial charge in [0.05, 0.1) is 18.7 Å². The van der Waals surface area contributed by atoms with Gasteiger partial charge in [0.1, 0.15) is 5.75 Å². The first-order valence-electron chi connectivity index (χ1n) is 5.99. The van der Waals surface area contributed by atoms with Crippen LogP contribution in [-0.2, 0) is 4.79 Å². The van der Waals surface area contributed by atoms with Gasteiger partial charge in [-0.15, -0.1) is 0 Å². The van der Waals surface area contributed by atoms with Crippen molar-refractivity contribution in [2.24, 2.45) is 5.41 Å². The number of carbonyl (C=O) groups is 1. The predicted octanol–water partition coefficient (Wildman–Crippen LogP) is 3.17. The van der Waals surface area contributed by atoms with E-state index in [4.69, 9.17) is 4.74 Å². The fourth-order valence-corrected chi connectivity index (χ4v) is 2.41. The maximum Gasteiger partial charge on any atom is 0.232 e. The van der Waals surface area contributed by atoms with Crippen LogP contribution in [0.25, 0.3) is 0 Å². The van der Waals surface area contributed by atoms with Crippen molar-refractivity contribution in [3.63, 3.8) is 0 Å². The number of benzene rings is 1. The van der Waals surface area contributed by atoms with Crippen LogP contribution in [-0.4, -0.2) is 13.0 Å². The van der Waals surface area contributed by atoms with Crippen molar-refractivity contribution in [1.82, 2.24) is 0 Å². The lowest BCUT2D eigenvalue weighted by Crippen LogP contribution is -2.27. The van der Waals surface area contributed by atoms with Gasteiger partial charge >= 0.3 is 0 Å². The lowest BCUT2D eigenvalue weighted by molar-refractivity contribution is -0.119. The molecule has 1 atom stereocenters. The zero-order valence-electron chi connectivity index (χ0n) is 10.8. The Morgan fingerprint density at radius 1 is 1.41 bits per heavy atom. The molecule has 3 heteroatoms. The quantitative estimate of drug-likeness (QED) is 0.870. The van der Waals surface area contributed by atoms with Gasteiger partial charge in [-0.05, 0) is 23.5 Å². The number of nitrogens with one attached hydrogen (secondary N) is 1. The number of fused-ring (bicyclic) bond motifs is 1. The highest BCUT2D eigenvalue weighted by Crippen LogP contribution is 2.48. The zero-order chi connectivity index (χ0) is 12.6. The highest BCUT2D eigenvalue weighted by molar-refractivity contribution is 6.05. The average Bonchev–Trinajstić information content (AvgIpc) is 2.65. The number of rotatable bonds is 3. The molecule has 0 saturated carbocycles. The van der Waals surface area contributed by atoms with E-state index in [1.807, 2.05) is 18.2 Å². The summed E-state index contributed by atoms with van der Waals surface area (Å²) in [6.45, 7) is 6.38. The van der Waals surface area contributed by atoms with Crippen LogP contribution < -0.4 is 10.1 Å². The minimum Gasteiger partial charge on any atom is -0.495 e. The third-order valence-electron chi connectivity index (χ3n) is 3.79. The molecule has 92 valence electrons. The smallest absolute Gasteiger partial charge is 0.232 e. The third kappa shape index (κ3) is 1.79. The van der Waals surface area contributed by atoms with Crippen molar-refractivity contribution in [3.05, 3.63) is 23.8 Å². The lowest BCUT2D eigenvalue weighted by Gasteiger charge is -2.28. The number of carbonyl (C=O) groups excluding carboxylic acids is 1. The Bertz CT molecular complexity index is 452. The molecule has 0 radical (unpaired) electrons. The molecular formula is C14H19NO2. The summed E-state index contributed by atoms with van der Waals surface area (Å²) in [5.41, 5.74) is 1.86. The van der Waals surface area contributed by atoms with Crippen LogP contribution in [0.1, 0.15) is 38.7 Å². The van der Waals surface area contributed by atoms with E-state index in [0.29, 0.717) is 0 Å². The van der Waals surface area contributed by atoms with Crippen LogP contribution in [0.3, 0.4) is 0 Å². The van der Waals surface area contributed by atoms with E-state index in [2.05, 4.69) is 26.1 Å². The normalized spacial score (nSPS) is 18.8. The SMILES string of the molecule is CCC(C)(C)C1C(=O)Nc2c(OC)cccc21.